The minimum Gasteiger partial charge on any atom is -0.339 e. The maximum absolute atomic E-state index is 11.9. The Morgan fingerprint density at radius 1 is 1.13 bits per heavy atom. The van der Waals surface area contributed by atoms with E-state index in [1.165, 1.54) is 11.5 Å². The van der Waals surface area contributed by atoms with Crippen molar-refractivity contribution in [1.29, 1.82) is 0 Å². The molecule has 0 aliphatic carbocycles. The molecule has 0 unspecified atom stereocenters. The molecular formula is C10H19N3OS. The Hall–Kier alpha value is -0.260. The lowest BCUT2D eigenvalue weighted by molar-refractivity contribution is -0.132. The molecule has 2 aliphatic heterocycles. The average molecular weight is 229 g/mol. The molecule has 4 nitrogen and oxygen atoms in total. The van der Waals surface area contributed by atoms with E-state index in [2.05, 4.69) is 10.2 Å². The van der Waals surface area contributed by atoms with Crippen LogP contribution in [0.3, 0.4) is 0 Å². The van der Waals surface area contributed by atoms with Crippen molar-refractivity contribution in [3.05, 3.63) is 0 Å². The van der Waals surface area contributed by atoms with Crippen LogP contribution < -0.4 is 5.32 Å². The molecule has 1 amide bonds. The van der Waals surface area contributed by atoms with Crippen molar-refractivity contribution in [1.82, 2.24) is 15.1 Å². The minimum atomic E-state index is 0.309. The summed E-state index contributed by atoms with van der Waals surface area (Å²) in [6.45, 7) is 6.41. The highest BCUT2D eigenvalue weighted by Gasteiger charge is 2.20. The Bertz CT molecular complexity index is 213. The molecular weight excluding hydrogens is 210 g/mol. The molecule has 0 aromatic rings. The molecule has 0 bridgehead atoms. The molecule has 15 heavy (non-hydrogen) atoms. The fourth-order valence-electron chi connectivity index (χ4n) is 1.96. The second-order valence-corrected chi connectivity index (χ2v) is 5.24. The average Bonchev–Trinajstić information content (AvgIpc) is 2.31. The first-order valence-corrected chi connectivity index (χ1v) is 6.80. The van der Waals surface area contributed by atoms with Crippen LogP contribution in [-0.2, 0) is 4.79 Å². The van der Waals surface area contributed by atoms with E-state index in [9.17, 15) is 4.79 Å². The van der Waals surface area contributed by atoms with Crippen LogP contribution in [0.5, 0.6) is 0 Å². The van der Waals surface area contributed by atoms with Gasteiger partial charge in [-0.05, 0) is 0 Å². The predicted octanol–water partition coefficient (Wildman–Crippen LogP) is -0.533. The van der Waals surface area contributed by atoms with Crippen molar-refractivity contribution < 1.29 is 4.79 Å². The van der Waals surface area contributed by atoms with Crippen LogP contribution in [0.4, 0.5) is 0 Å². The van der Waals surface area contributed by atoms with Crippen molar-refractivity contribution in [2.75, 3.05) is 57.3 Å². The number of thioether (sulfide) groups is 1. The van der Waals surface area contributed by atoms with Crippen LogP contribution in [0.15, 0.2) is 0 Å². The lowest BCUT2D eigenvalue weighted by Gasteiger charge is -2.31. The third-order valence-corrected chi connectivity index (χ3v) is 3.87. The van der Waals surface area contributed by atoms with Gasteiger partial charge in [0.1, 0.15) is 0 Å². The van der Waals surface area contributed by atoms with Crippen LogP contribution in [-0.4, -0.2) is 73.0 Å². The molecule has 0 spiro atoms. The van der Waals surface area contributed by atoms with Crippen LogP contribution in [0.1, 0.15) is 0 Å². The summed E-state index contributed by atoms with van der Waals surface area (Å²) >= 11 is 1.98. The second-order valence-electron chi connectivity index (χ2n) is 4.02. The molecule has 0 atom stereocenters. The molecule has 0 aromatic heterocycles. The zero-order valence-electron chi connectivity index (χ0n) is 9.07. The maximum Gasteiger partial charge on any atom is 0.236 e. The van der Waals surface area contributed by atoms with Crippen LogP contribution in [0, 0.1) is 0 Å². The quantitative estimate of drug-likeness (QED) is 0.690. The first kappa shape index (κ1) is 11.2. The van der Waals surface area contributed by atoms with E-state index in [4.69, 9.17) is 0 Å². The van der Waals surface area contributed by atoms with Gasteiger partial charge in [-0.1, -0.05) is 0 Å². The summed E-state index contributed by atoms with van der Waals surface area (Å²) in [6.07, 6.45) is 0. The van der Waals surface area contributed by atoms with Gasteiger partial charge in [-0.2, -0.15) is 11.8 Å². The summed E-state index contributed by atoms with van der Waals surface area (Å²) in [5, 5.41) is 3.26. The highest BCUT2D eigenvalue weighted by molar-refractivity contribution is 7.99. The topological polar surface area (TPSA) is 35.6 Å². The van der Waals surface area contributed by atoms with Crippen molar-refractivity contribution in [3.8, 4) is 0 Å². The van der Waals surface area contributed by atoms with Gasteiger partial charge in [0.15, 0.2) is 0 Å². The molecule has 1 N–H and O–H groups in total. The minimum absolute atomic E-state index is 0.309. The molecule has 86 valence electrons. The number of hydrogen-bond acceptors (Lipinski definition) is 4. The van der Waals surface area contributed by atoms with Gasteiger partial charge < -0.3 is 10.2 Å². The smallest absolute Gasteiger partial charge is 0.236 e. The zero-order chi connectivity index (χ0) is 10.5. The van der Waals surface area contributed by atoms with Gasteiger partial charge in [-0.15, -0.1) is 0 Å². The van der Waals surface area contributed by atoms with E-state index in [0.29, 0.717) is 12.5 Å². The Kier molecular flexibility index (Phi) is 4.29. The van der Waals surface area contributed by atoms with E-state index in [0.717, 1.165) is 39.3 Å². The molecule has 5 heteroatoms. The molecule has 2 fully saturated rings. The lowest BCUT2D eigenvalue weighted by Crippen LogP contribution is -2.50. The normalized spacial score (nSPS) is 24.1. The van der Waals surface area contributed by atoms with Gasteiger partial charge in [0, 0.05) is 50.8 Å². The number of piperazine rings is 1. The fraction of sp³-hybridized carbons (Fsp3) is 0.900. The summed E-state index contributed by atoms with van der Waals surface area (Å²) in [4.78, 5) is 16.2. The SMILES string of the molecule is O=C(CN1CCSCC1)N1CCNCC1. The van der Waals surface area contributed by atoms with Gasteiger partial charge in [0.25, 0.3) is 0 Å². The number of rotatable bonds is 2. The maximum atomic E-state index is 11.9. The largest absolute Gasteiger partial charge is 0.339 e. The van der Waals surface area contributed by atoms with E-state index < -0.39 is 0 Å². The first-order chi connectivity index (χ1) is 7.36. The summed E-state index contributed by atoms with van der Waals surface area (Å²) in [6, 6.07) is 0. The third kappa shape index (κ3) is 3.36. The lowest BCUT2D eigenvalue weighted by atomic mass is 10.3. The van der Waals surface area contributed by atoms with Crippen molar-refractivity contribution in [2.45, 2.75) is 0 Å². The molecule has 2 saturated heterocycles. The summed E-state index contributed by atoms with van der Waals surface area (Å²) in [5.74, 6) is 2.66. The Morgan fingerprint density at radius 3 is 2.47 bits per heavy atom. The number of amides is 1. The fourth-order valence-corrected chi connectivity index (χ4v) is 2.94. The first-order valence-electron chi connectivity index (χ1n) is 5.65. The van der Waals surface area contributed by atoms with Crippen molar-refractivity contribution in [3.63, 3.8) is 0 Å². The number of nitrogens with one attached hydrogen (secondary N) is 1. The standard InChI is InChI=1S/C10H19N3OS/c14-10(13-3-1-11-2-4-13)9-12-5-7-15-8-6-12/h11H,1-9H2. The molecule has 0 saturated carbocycles. The van der Waals surface area contributed by atoms with Crippen LogP contribution >= 0.6 is 11.8 Å². The second kappa shape index (κ2) is 5.72. The van der Waals surface area contributed by atoms with Gasteiger partial charge in [-0.3, -0.25) is 9.69 Å². The van der Waals surface area contributed by atoms with E-state index in [1.54, 1.807) is 0 Å². The molecule has 2 rings (SSSR count). The summed E-state index contributed by atoms with van der Waals surface area (Å²) in [5.41, 5.74) is 0. The monoisotopic (exact) mass is 229 g/mol. The van der Waals surface area contributed by atoms with E-state index >= 15 is 0 Å². The van der Waals surface area contributed by atoms with Gasteiger partial charge in [0.05, 0.1) is 6.54 Å². The molecule has 2 heterocycles. The summed E-state index contributed by atoms with van der Waals surface area (Å²) < 4.78 is 0. The Balaban J connectivity index is 1.74. The van der Waals surface area contributed by atoms with Crippen LogP contribution in [0.2, 0.25) is 0 Å². The van der Waals surface area contributed by atoms with E-state index in [1.807, 2.05) is 16.7 Å². The Labute approximate surface area is 95.4 Å². The highest BCUT2D eigenvalue weighted by Crippen LogP contribution is 2.09. The number of carbonyl (C=O) groups excluding carboxylic acids is 1. The molecule has 0 aromatic carbocycles. The Morgan fingerprint density at radius 2 is 1.80 bits per heavy atom. The highest BCUT2D eigenvalue weighted by atomic mass is 32.2. The van der Waals surface area contributed by atoms with Gasteiger partial charge in [0.2, 0.25) is 5.91 Å². The number of hydrogen-bond donors (Lipinski definition) is 1. The summed E-state index contributed by atoms with van der Waals surface area (Å²) in [7, 11) is 0. The van der Waals surface area contributed by atoms with Crippen molar-refractivity contribution >= 4 is 17.7 Å². The zero-order valence-corrected chi connectivity index (χ0v) is 9.89. The van der Waals surface area contributed by atoms with Crippen molar-refractivity contribution in [2.24, 2.45) is 0 Å². The van der Waals surface area contributed by atoms with E-state index in [-0.39, 0.29) is 0 Å². The third-order valence-electron chi connectivity index (χ3n) is 2.93. The van der Waals surface area contributed by atoms with Crippen LogP contribution in [0.25, 0.3) is 0 Å². The number of nitrogens with zero attached hydrogens (tertiary/aromatic N) is 2. The van der Waals surface area contributed by atoms with Gasteiger partial charge in [-0.25, -0.2) is 0 Å². The molecule has 0 radical (unpaired) electrons. The number of carbonyl (C=O) groups is 1. The molecule has 2 aliphatic rings. The van der Waals surface area contributed by atoms with Gasteiger partial charge >= 0.3 is 0 Å². The predicted molar refractivity (Wildman–Crippen MR) is 63.2 cm³/mol.